The maximum atomic E-state index is 4.18. The summed E-state index contributed by atoms with van der Waals surface area (Å²) in [6.07, 6.45) is 1.80. The predicted octanol–water partition coefficient (Wildman–Crippen LogP) is 2.62. The summed E-state index contributed by atoms with van der Waals surface area (Å²) in [7, 11) is 0. The van der Waals surface area contributed by atoms with Crippen LogP contribution in [0, 0.1) is 0 Å². The third-order valence-corrected chi connectivity index (χ3v) is 1.63. The zero-order valence-corrected chi connectivity index (χ0v) is 7.78. The Kier molecular flexibility index (Phi) is 2.97. The minimum absolute atomic E-state index is 0.307. The molecule has 1 atom stereocenters. The summed E-state index contributed by atoms with van der Waals surface area (Å²) in [5.74, 6) is 0. The van der Waals surface area contributed by atoms with Gasteiger partial charge in [0.25, 0.3) is 0 Å². The average molecular weight is 162 g/mol. The number of aromatic nitrogens is 1. The molecule has 0 spiro atoms. The number of hydrogen-bond acceptors (Lipinski definition) is 2. The van der Waals surface area contributed by atoms with Crippen LogP contribution >= 0.6 is 0 Å². The standard InChI is InChI=1S/C8H8N2.C2H6/c1-6-8(10-6)7-4-2-3-5-9-7;1-2/h2-5,8H,1H3;1-2H3. The van der Waals surface area contributed by atoms with Crippen LogP contribution in [-0.2, 0) is 0 Å². The first kappa shape index (κ1) is 8.91. The van der Waals surface area contributed by atoms with Gasteiger partial charge in [-0.2, -0.15) is 0 Å². The second kappa shape index (κ2) is 4.00. The van der Waals surface area contributed by atoms with Gasteiger partial charge < -0.3 is 0 Å². The summed E-state index contributed by atoms with van der Waals surface area (Å²) in [6, 6.07) is 6.22. The van der Waals surface area contributed by atoms with E-state index in [1.807, 2.05) is 39.0 Å². The first-order chi connectivity index (χ1) is 5.88. The van der Waals surface area contributed by atoms with Crippen molar-refractivity contribution in [2.75, 3.05) is 0 Å². The quantitative estimate of drug-likeness (QED) is 0.623. The zero-order chi connectivity index (χ0) is 8.97. The van der Waals surface area contributed by atoms with Gasteiger partial charge in [-0.15, -0.1) is 0 Å². The van der Waals surface area contributed by atoms with Gasteiger partial charge in [0, 0.05) is 11.9 Å². The van der Waals surface area contributed by atoms with Crippen LogP contribution in [0.3, 0.4) is 0 Å². The first-order valence-electron chi connectivity index (χ1n) is 4.33. The molecule has 0 saturated heterocycles. The molecule has 0 fully saturated rings. The van der Waals surface area contributed by atoms with E-state index in [0.717, 1.165) is 5.69 Å². The molecule has 64 valence electrons. The van der Waals surface area contributed by atoms with E-state index in [0.29, 0.717) is 6.04 Å². The highest BCUT2D eigenvalue weighted by Gasteiger charge is 2.25. The fourth-order valence-corrected chi connectivity index (χ4v) is 0.984. The lowest BCUT2D eigenvalue weighted by Crippen LogP contribution is -1.88. The molecule has 0 N–H and O–H groups in total. The van der Waals surface area contributed by atoms with Crippen molar-refractivity contribution in [1.82, 2.24) is 4.98 Å². The van der Waals surface area contributed by atoms with Crippen LogP contribution < -0.4 is 0 Å². The molecule has 0 aliphatic carbocycles. The number of nitrogens with zero attached hydrogens (tertiary/aromatic N) is 2. The largest absolute Gasteiger partial charge is 0.276 e. The molecular weight excluding hydrogens is 148 g/mol. The van der Waals surface area contributed by atoms with Crippen molar-refractivity contribution >= 4 is 5.71 Å². The first-order valence-corrected chi connectivity index (χ1v) is 4.33. The Morgan fingerprint density at radius 2 is 1.92 bits per heavy atom. The smallest absolute Gasteiger partial charge is 0.129 e. The van der Waals surface area contributed by atoms with Crippen LogP contribution in [0.15, 0.2) is 29.4 Å². The Balaban J connectivity index is 0.000000336. The van der Waals surface area contributed by atoms with Gasteiger partial charge in [-0.3, -0.25) is 9.98 Å². The topological polar surface area (TPSA) is 25.2 Å². The molecule has 2 rings (SSSR count). The maximum Gasteiger partial charge on any atom is 0.129 e. The van der Waals surface area contributed by atoms with Gasteiger partial charge in [-0.25, -0.2) is 0 Å². The van der Waals surface area contributed by atoms with E-state index in [9.17, 15) is 0 Å². The molecule has 1 aromatic rings. The fourth-order valence-electron chi connectivity index (χ4n) is 0.984. The molecule has 2 heteroatoms. The molecule has 1 aromatic heterocycles. The molecule has 1 unspecified atom stereocenters. The van der Waals surface area contributed by atoms with Gasteiger partial charge in [0.15, 0.2) is 0 Å². The summed E-state index contributed by atoms with van der Waals surface area (Å²) >= 11 is 0. The van der Waals surface area contributed by atoms with Gasteiger partial charge >= 0.3 is 0 Å². The Hall–Kier alpha value is -1.18. The van der Waals surface area contributed by atoms with Crippen molar-refractivity contribution in [2.45, 2.75) is 26.8 Å². The van der Waals surface area contributed by atoms with Gasteiger partial charge in [0.2, 0.25) is 0 Å². The second-order valence-corrected chi connectivity index (χ2v) is 2.43. The second-order valence-electron chi connectivity index (χ2n) is 2.43. The molecule has 0 aromatic carbocycles. The van der Waals surface area contributed by atoms with Gasteiger partial charge in [0.1, 0.15) is 6.04 Å². The van der Waals surface area contributed by atoms with Crippen molar-refractivity contribution < 1.29 is 0 Å². The van der Waals surface area contributed by atoms with Gasteiger partial charge in [0.05, 0.1) is 5.69 Å². The molecule has 0 radical (unpaired) electrons. The Morgan fingerprint density at radius 3 is 2.33 bits per heavy atom. The Labute approximate surface area is 73.4 Å². The van der Waals surface area contributed by atoms with Crippen LogP contribution in [0.1, 0.15) is 32.5 Å². The summed E-state index contributed by atoms with van der Waals surface area (Å²) in [5.41, 5.74) is 2.26. The molecule has 1 aliphatic rings. The SMILES string of the molecule is CC.CC1=NC1c1ccccn1. The number of pyridine rings is 1. The molecule has 2 heterocycles. The van der Waals surface area contributed by atoms with E-state index >= 15 is 0 Å². The fraction of sp³-hybridized carbons (Fsp3) is 0.400. The van der Waals surface area contributed by atoms with Crippen LogP contribution in [0.4, 0.5) is 0 Å². The van der Waals surface area contributed by atoms with E-state index < -0.39 is 0 Å². The molecule has 0 saturated carbocycles. The monoisotopic (exact) mass is 162 g/mol. The number of aliphatic imine (C=N–C) groups is 1. The summed E-state index contributed by atoms with van der Waals surface area (Å²) in [4.78, 5) is 8.36. The van der Waals surface area contributed by atoms with Gasteiger partial charge in [-0.05, 0) is 19.1 Å². The van der Waals surface area contributed by atoms with Crippen molar-refractivity contribution in [3.63, 3.8) is 0 Å². The summed E-state index contributed by atoms with van der Waals surface area (Å²) in [5, 5.41) is 0. The normalized spacial score (nSPS) is 18.9. The molecule has 1 aliphatic heterocycles. The summed E-state index contributed by atoms with van der Waals surface area (Å²) in [6.45, 7) is 6.03. The van der Waals surface area contributed by atoms with Crippen molar-refractivity contribution in [1.29, 1.82) is 0 Å². The van der Waals surface area contributed by atoms with E-state index in [4.69, 9.17) is 0 Å². The molecule has 0 amide bonds. The molecule has 12 heavy (non-hydrogen) atoms. The van der Waals surface area contributed by atoms with Crippen molar-refractivity contribution in [2.24, 2.45) is 4.99 Å². The average Bonchev–Trinajstić information content (AvgIpc) is 2.88. The lowest BCUT2D eigenvalue weighted by molar-refractivity contribution is 1.03. The zero-order valence-electron chi connectivity index (χ0n) is 7.78. The minimum Gasteiger partial charge on any atom is -0.276 e. The Morgan fingerprint density at radius 1 is 1.25 bits per heavy atom. The third kappa shape index (κ3) is 1.91. The highest BCUT2D eigenvalue weighted by molar-refractivity contribution is 5.99. The van der Waals surface area contributed by atoms with Crippen molar-refractivity contribution in [3.05, 3.63) is 30.1 Å². The third-order valence-electron chi connectivity index (χ3n) is 1.63. The van der Waals surface area contributed by atoms with E-state index in [1.165, 1.54) is 5.71 Å². The van der Waals surface area contributed by atoms with Gasteiger partial charge in [-0.1, -0.05) is 19.9 Å². The number of hydrogen-bond donors (Lipinski definition) is 0. The highest BCUT2D eigenvalue weighted by Crippen LogP contribution is 2.28. The molecule has 0 bridgehead atoms. The molecule has 2 nitrogen and oxygen atoms in total. The minimum atomic E-state index is 0.307. The highest BCUT2D eigenvalue weighted by atomic mass is 15.0. The predicted molar refractivity (Wildman–Crippen MR) is 51.4 cm³/mol. The van der Waals surface area contributed by atoms with Crippen molar-refractivity contribution in [3.8, 4) is 0 Å². The van der Waals surface area contributed by atoms with E-state index in [-0.39, 0.29) is 0 Å². The van der Waals surface area contributed by atoms with Crippen LogP contribution in [-0.4, -0.2) is 10.7 Å². The molecular formula is C10H14N2. The Bertz CT molecular complexity index is 264. The van der Waals surface area contributed by atoms with Crippen LogP contribution in [0.5, 0.6) is 0 Å². The van der Waals surface area contributed by atoms with Crippen LogP contribution in [0.25, 0.3) is 0 Å². The van der Waals surface area contributed by atoms with Crippen LogP contribution in [0.2, 0.25) is 0 Å². The lowest BCUT2D eigenvalue weighted by atomic mass is 10.2. The van der Waals surface area contributed by atoms with E-state index in [2.05, 4.69) is 9.98 Å². The van der Waals surface area contributed by atoms with E-state index in [1.54, 1.807) is 6.20 Å². The lowest BCUT2D eigenvalue weighted by Gasteiger charge is -1.91. The summed E-state index contributed by atoms with van der Waals surface area (Å²) < 4.78 is 0. The number of rotatable bonds is 1. The maximum absolute atomic E-state index is 4.18.